The maximum absolute atomic E-state index is 11.7. The molecule has 0 atom stereocenters. The Kier molecular flexibility index (Phi) is 3.97. The molecule has 0 aromatic carbocycles. The fourth-order valence-electron chi connectivity index (χ4n) is 1.43. The average molecular weight is 245 g/mol. The van der Waals surface area contributed by atoms with Gasteiger partial charge in [0, 0.05) is 18.1 Å². The van der Waals surface area contributed by atoms with Gasteiger partial charge in [0.05, 0.1) is 13.1 Å². The molecular formula is C9H17N4O4-. The van der Waals surface area contributed by atoms with E-state index in [1.165, 1.54) is 9.91 Å². The van der Waals surface area contributed by atoms with Gasteiger partial charge in [0.25, 0.3) is 0 Å². The van der Waals surface area contributed by atoms with Gasteiger partial charge in [0.15, 0.2) is 0 Å². The van der Waals surface area contributed by atoms with Gasteiger partial charge in [0.2, 0.25) is 0 Å². The minimum atomic E-state index is -0.539. The predicted molar refractivity (Wildman–Crippen MR) is 58.8 cm³/mol. The summed E-state index contributed by atoms with van der Waals surface area (Å²) in [4.78, 5) is 13.2. The van der Waals surface area contributed by atoms with Gasteiger partial charge in [-0.05, 0) is 26.0 Å². The highest BCUT2D eigenvalue weighted by Gasteiger charge is 2.28. The largest absolute Gasteiger partial charge is 0.737 e. The van der Waals surface area contributed by atoms with E-state index < -0.39 is 11.7 Å². The molecule has 0 radical (unpaired) electrons. The van der Waals surface area contributed by atoms with Crippen molar-refractivity contribution in [3.05, 3.63) is 10.4 Å². The first kappa shape index (κ1) is 13.3. The summed E-state index contributed by atoms with van der Waals surface area (Å²) in [5.74, 6) is 0. The van der Waals surface area contributed by atoms with Gasteiger partial charge < -0.3 is 20.1 Å². The highest BCUT2D eigenvalue weighted by Crippen LogP contribution is 2.11. The number of amides is 1. The molecule has 1 rings (SSSR count). The number of nitrogens with zero attached hydrogens (tertiary/aromatic N) is 4. The Morgan fingerprint density at radius 3 is 2.24 bits per heavy atom. The van der Waals surface area contributed by atoms with E-state index in [0.717, 1.165) is 0 Å². The number of hydrazine groups is 1. The topological polar surface area (TPSA) is 94.3 Å². The molecular weight excluding hydrogens is 228 g/mol. The van der Waals surface area contributed by atoms with Crippen LogP contribution in [0.2, 0.25) is 0 Å². The molecule has 1 fully saturated rings. The van der Waals surface area contributed by atoms with Crippen molar-refractivity contribution in [2.24, 2.45) is 5.28 Å². The van der Waals surface area contributed by atoms with E-state index >= 15 is 0 Å². The molecule has 0 N–H and O–H groups in total. The molecule has 0 aromatic heterocycles. The van der Waals surface area contributed by atoms with Crippen LogP contribution in [-0.2, 0) is 4.74 Å². The monoisotopic (exact) mass is 245 g/mol. The SMILES string of the molecule is CC(C)(C)OC(=O)N1CCN(/[N+]([O-])=N\[O-])CC1. The van der Waals surface area contributed by atoms with Crippen molar-refractivity contribution < 1.29 is 14.5 Å². The van der Waals surface area contributed by atoms with Crippen LogP contribution in [0.4, 0.5) is 4.79 Å². The van der Waals surface area contributed by atoms with Gasteiger partial charge in [0.1, 0.15) is 5.60 Å². The van der Waals surface area contributed by atoms with Crippen LogP contribution in [0, 0.1) is 10.4 Å². The van der Waals surface area contributed by atoms with E-state index in [1.54, 1.807) is 20.8 Å². The normalized spacial score (nSPS) is 18.2. The fraction of sp³-hybridized carbons (Fsp3) is 0.889. The molecule has 8 heteroatoms. The molecule has 0 saturated carbocycles. The number of carbonyl (C=O) groups is 1. The van der Waals surface area contributed by atoms with Gasteiger partial charge in [-0.25, -0.2) is 4.79 Å². The first-order valence-electron chi connectivity index (χ1n) is 5.37. The lowest BCUT2D eigenvalue weighted by molar-refractivity contribution is -0.692. The standard InChI is InChI=1S/C9H18N4O4/c1-9(2,3)17-8(14)11-4-6-12(7-5-11)13(16)10-15/h15H,4-7H2,1-3H3/p-1/b13-10+. The van der Waals surface area contributed by atoms with E-state index in [4.69, 9.17) is 4.74 Å². The van der Waals surface area contributed by atoms with Crippen LogP contribution in [0.1, 0.15) is 20.8 Å². The van der Waals surface area contributed by atoms with Crippen molar-refractivity contribution in [2.75, 3.05) is 26.2 Å². The molecule has 8 nitrogen and oxygen atoms in total. The zero-order chi connectivity index (χ0) is 13.1. The smallest absolute Gasteiger partial charge is 0.410 e. The maximum Gasteiger partial charge on any atom is 0.410 e. The predicted octanol–water partition coefficient (Wildman–Crippen LogP) is 0.914. The summed E-state index contributed by atoms with van der Waals surface area (Å²) in [5.41, 5.74) is -0.539. The number of rotatable bonds is 1. The van der Waals surface area contributed by atoms with Crippen LogP contribution in [0.25, 0.3) is 0 Å². The molecule has 17 heavy (non-hydrogen) atoms. The zero-order valence-electron chi connectivity index (χ0n) is 10.3. The van der Waals surface area contributed by atoms with E-state index in [0.29, 0.717) is 13.1 Å². The molecule has 1 aliphatic rings. The van der Waals surface area contributed by atoms with Crippen molar-refractivity contribution in [3.8, 4) is 0 Å². The lowest BCUT2D eigenvalue weighted by atomic mass is 10.2. The first-order chi connectivity index (χ1) is 7.83. The van der Waals surface area contributed by atoms with Crippen LogP contribution in [0.3, 0.4) is 0 Å². The highest BCUT2D eigenvalue weighted by molar-refractivity contribution is 5.68. The lowest BCUT2D eigenvalue weighted by Crippen LogP contribution is -2.51. The molecule has 98 valence electrons. The molecule has 0 aliphatic carbocycles. The quantitative estimate of drug-likeness (QED) is 0.389. The molecule has 0 unspecified atom stereocenters. The van der Waals surface area contributed by atoms with Gasteiger partial charge in [-0.1, -0.05) is 0 Å². The van der Waals surface area contributed by atoms with Crippen LogP contribution in [-0.4, -0.2) is 52.8 Å². The van der Waals surface area contributed by atoms with Gasteiger partial charge >= 0.3 is 6.09 Å². The molecule has 1 heterocycles. The van der Waals surface area contributed by atoms with Gasteiger partial charge in [-0.3, -0.25) is 0 Å². The summed E-state index contributed by atoms with van der Waals surface area (Å²) < 4.78 is 5.19. The average Bonchev–Trinajstić information content (AvgIpc) is 2.26. The van der Waals surface area contributed by atoms with Gasteiger partial charge in [-0.2, -0.15) is 0 Å². The molecule has 1 amide bonds. The Bertz CT molecular complexity index is 305. The molecule has 0 aromatic rings. The second-order valence-corrected chi connectivity index (χ2v) is 4.76. The molecule has 1 saturated heterocycles. The van der Waals surface area contributed by atoms with E-state index in [1.807, 2.05) is 0 Å². The third-order valence-corrected chi connectivity index (χ3v) is 2.22. The Labute approximate surface area is 99.6 Å². The Hall–Kier alpha value is -1.73. The second kappa shape index (κ2) is 5.07. The zero-order valence-corrected chi connectivity index (χ0v) is 10.3. The minimum absolute atomic E-state index is 0.00638. The third-order valence-electron chi connectivity index (χ3n) is 2.22. The van der Waals surface area contributed by atoms with Crippen LogP contribution in [0.5, 0.6) is 0 Å². The highest BCUT2D eigenvalue weighted by atomic mass is 16.6. The summed E-state index contributed by atoms with van der Waals surface area (Å²) in [6, 6.07) is 0. The number of ether oxygens (including phenoxy) is 1. The van der Waals surface area contributed by atoms with E-state index in [9.17, 15) is 15.2 Å². The number of carbonyl (C=O) groups excluding carboxylic acids is 1. The molecule has 0 bridgehead atoms. The van der Waals surface area contributed by atoms with Crippen molar-refractivity contribution in [3.63, 3.8) is 0 Å². The third kappa shape index (κ3) is 3.97. The van der Waals surface area contributed by atoms with Crippen LogP contribution >= 0.6 is 0 Å². The van der Waals surface area contributed by atoms with Crippen molar-refractivity contribution in [2.45, 2.75) is 26.4 Å². The number of hydrogen-bond donors (Lipinski definition) is 0. The minimum Gasteiger partial charge on any atom is -0.737 e. The van der Waals surface area contributed by atoms with Crippen molar-refractivity contribution in [1.82, 2.24) is 9.91 Å². The van der Waals surface area contributed by atoms with Crippen LogP contribution in [0.15, 0.2) is 5.28 Å². The Morgan fingerprint density at radius 2 is 1.82 bits per heavy atom. The van der Waals surface area contributed by atoms with E-state index in [-0.39, 0.29) is 18.1 Å². The summed E-state index contributed by atoms with van der Waals surface area (Å²) in [6.45, 7) is 6.58. The summed E-state index contributed by atoms with van der Waals surface area (Å²) >= 11 is 0. The second-order valence-electron chi connectivity index (χ2n) is 4.76. The van der Waals surface area contributed by atoms with Crippen LogP contribution < -0.4 is 0 Å². The van der Waals surface area contributed by atoms with Crippen molar-refractivity contribution in [1.29, 1.82) is 0 Å². The fourth-order valence-corrected chi connectivity index (χ4v) is 1.43. The Morgan fingerprint density at radius 1 is 1.29 bits per heavy atom. The summed E-state index contributed by atoms with van der Waals surface area (Å²) in [7, 11) is 0. The summed E-state index contributed by atoms with van der Waals surface area (Å²) in [6.07, 6.45) is -0.409. The number of piperazine rings is 1. The van der Waals surface area contributed by atoms with Gasteiger partial charge in [-0.15, -0.1) is 5.01 Å². The maximum atomic E-state index is 11.7. The van der Waals surface area contributed by atoms with Crippen molar-refractivity contribution >= 4 is 6.09 Å². The number of hydrogen-bond acceptors (Lipinski definition) is 5. The summed E-state index contributed by atoms with van der Waals surface area (Å²) in [5, 5.41) is 24.4. The lowest BCUT2D eigenvalue weighted by Gasteiger charge is -2.33. The first-order valence-corrected chi connectivity index (χ1v) is 5.37. The molecule has 0 spiro atoms. The van der Waals surface area contributed by atoms with E-state index in [2.05, 4.69) is 5.28 Å². The Balaban J connectivity index is 2.44. The molecule has 1 aliphatic heterocycles.